The number of hydrogen-bond donors (Lipinski definition) is 1. The van der Waals surface area contributed by atoms with Crippen molar-refractivity contribution in [2.45, 2.75) is 18.6 Å². The van der Waals surface area contributed by atoms with Gasteiger partial charge in [0.25, 0.3) is 0 Å². The minimum absolute atomic E-state index is 0.0496. The van der Waals surface area contributed by atoms with Gasteiger partial charge in [0.15, 0.2) is 5.17 Å². The maximum Gasteiger partial charge on any atom is 0.239 e. The summed E-state index contributed by atoms with van der Waals surface area (Å²) in [6.45, 7) is 6.11. The molecular formula is C8H12N2OS. The van der Waals surface area contributed by atoms with E-state index in [-0.39, 0.29) is 11.2 Å². The van der Waals surface area contributed by atoms with E-state index in [4.69, 9.17) is 0 Å². The first kappa shape index (κ1) is 9.32. The highest BCUT2D eigenvalue weighted by Crippen LogP contribution is 2.21. The van der Waals surface area contributed by atoms with Gasteiger partial charge in [-0.15, -0.1) is 6.58 Å². The predicted octanol–water partition coefficient (Wildman–Crippen LogP) is 1.17. The van der Waals surface area contributed by atoms with Gasteiger partial charge in [0.05, 0.1) is 11.8 Å². The standard InChI is InChI=1S/C8H12N2OS/c1-3-5-9-8-10-7(11)6(4-2)12-8/h3,6H,1,4-5H2,2H3,(H,9,10,11). The molecule has 0 radical (unpaired) electrons. The highest BCUT2D eigenvalue weighted by Gasteiger charge is 2.27. The summed E-state index contributed by atoms with van der Waals surface area (Å²) in [6, 6.07) is 0. The number of aliphatic imine (C=N–C) groups is 1. The van der Waals surface area contributed by atoms with Crippen molar-refractivity contribution < 1.29 is 4.79 Å². The van der Waals surface area contributed by atoms with Crippen LogP contribution in [0, 0.1) is 0 Å². The largest absolute Gasteiger partial charge is 0.304 e. The quantitative estimate of drug-likeness (QED) is 0.669. The molecule has 0 aromatic heterocycles. The van der Waals surface area contributed by atoms with E-state index in [2.05, 4.69) is 16.9 Å². The number of carbonyl (C=O) groups is 1. The van der Waals surface area contributed by atoms with E-state index < -0.39 is 0 Å². The first-order chi connectivity index (χ1) is 5.77. The van der Waals surface area contributed by atoms with E-state index in [1.165, 1.54) is 11.8 Å². The summed E-state index contributed by atoms with van der Waals surface area (Å²) in [7, 11) is 0. The highest BCUT2D eigenvalue weighted by molar-refractivity contribution is 8.15. The Morgan fingerprint density at radius 2 is 2.58 bits per heavy atom. The summed E-state index contributed by atoms with van der Waals surface area (Å²) >= 11 is 1.50. The molecule has 12 heavy (non-hydrogen) atoms. The molecule has 0 aliphatic carbocycles. The molecule has 0 bridgehead atoms. The maximum absolute atomic E-state index is 11.1. The number of hydrogen-bond acceptors (Lipinski definition) is 3. The topological polar surface area (TPSA) is 41.5 Å². The summed E-state index contributed by atoms with van der Waals surface area (Å²) in [5.74, 6) is 0.0744. The van der Waals surface area contributed by atoms with Crippen molar-refractivity contribution >= 4 is 22.8 Å². The highest BCUT2D eigenvalue weighted by atomic mass is 32.2. The fourth-order valence-electron chi connectivity index (χ4n) is 0.897. The summed E-state index contributed by atoms with van der Waals surface area (Å²) < 4.78 is 0. The van der Waals surface area contributed by atoms with Crippen molar-refractivity contribution in [1.29, 1.82) is 0 Å². The molecule has 1 aliphatic rings. The van der Waals surface area contributed by atoms with Crippen LogP contribution < -0.4 is 5.32 Å². The third kappa shape index (κ3) is 2.11. The molecule has 4 heteroatoms. The number of carbonyl (C=O) groups excluding carboxylic acids is 1. The second kappa shape index (κ2) is 4.30. The monoisotopic (exact) mass is 184 g/mol. The lowest BCUT2D eigenvalue weighted by atomic mass is 10.3. The van der Waals surface area contributed by atoms with Crippen LogP contribution in [0.25, 0.3) is 0 Å². The summed E-state index contributed by atoms with van der Waals surface area (Å²) in [6.07, 6.45) is 2.56. The second-order valence-corrected chi connectivity index (χ2v) is 3.63. The Morgan fingerprint density at radius 1 is 1.83 bits per heavy atom. The molecule has 66 valence electrons. The van der Waals surface area contributed by atoms with Crippen molar-refractivity contribution in [2.75, 3.05) is 6.54 Å². The van der Waals surface area contributed by atoms with E-state index in [1.54, 1.807) is 6.08 Å². The number of rotatable bonds is 3. The second-order valence-electron chi connectivity index (χ2n) is 2.44. The molecule has 3 nitrogen and oxygen atoms in total. The van der Waals surface area contributed by atoms with Crippen molar-refractivity contribution in [3.8, 4) is 0 Å². The number of amidine groups is 1. The zero-order valence-electron chi connectivity index (χ0n) is 7.04. The maximum atomic E-state index is 11.1. The SMILES string of the molecule is C=CCN=C1NC(=O)C(CC)S1. The lowest BCUT2D eigenvalue weighted by Gasteiger charge is -1.95. The van der Waals surface area contributed by atoms with Gasteiger partial charge in [-0.25, -0.2) is 0 Å². The van der Waals surface area contributed by atoms with Crippen LogP contribution >= 0.6 is 11.8 Å². The molecule has 0 saturated carbocycles. The van der Waals surface area contributed by atoms with Gasteiger partial charge >= 0.3 is 0 Å². The molecule has 0 spiro atoms. The van der Waals surface area contributed by atoms with Crippen LogP contribution in [-0.2, 0) is 4.79 Å². The van der Waals surface area contributed by atoms with Crippen molar-refractivity contribution in [3.05, 3.63) is 12.7 Å². The molecule has 0 aromatic carbocycles. The third-order valence-electron chi connectivity index (χ3n) is 1.51. The molecule has 1 fully saturated rings. The van der Waals surface area contributed by atoms with Gasteiger partial charge in [-0.2, -0.15) is 0 Å². The van der Waals surface area contributed by atoms with Crippen LogP contribution in [0.2, 0.25) is 0 Å². The van der Waals surface area contributed by atoms with Crippen LogP contribution in [0.1, 0.15) is 13.3 Å². The third-order valence-corrected chi connectivity index (χ3v) is 2.80. The molecule has 0 aromatic rings. The zero-order chi connectivity index (χ0) is 8.97. The number of nitrogens with zero attached hydrogens (tertiary/aromatic N) is 1. The number of nitrogens with one attached hydrogen (secondary N) is 1. The smallest absolute Gasteiger partial charge is 0.239 e. The van der Waals surface area contributed by atoms with E-state index in [9.17, 15) is 4.79 Å². The molecule has 1 atom stereocenters. The van der Waals surface area contributed by atoms with Gasteiger partial charge in [0, 0.05) is 0 Å². The van der Waals surface area contributed by atoms with E-state index in [0.29, 0.717) is 6.54 Å². The van der Waals surface area contributed by atoms with Gasteiger partial charge in [-0.05, 0) is 6.42 Å². The van der Waals surface area contributed by atoms with E-state index in [0.717, 1.165) is 11.6 Å². The predicted molar refractivity (Wildman–Crippen MR) is 52.3 cm³/mol. The van der Waals surface area contributed by atoms with Crippen LogP contribution in [0.3, 0.4) is 0 Å². The first-order valence-corrected chi connectivity index (χ1v) is 4.78. The molecule has 1 unspecified atom stereocenters. The van der Waals surface area contributed by atoms with Gasteiger partial charge < -0.3 is 5.32 Å². The number of thioether (sulfide) groups is 1. The molecular weight excluding hydrogens is 172 g/mol. The summed E-state index contributed by atoms with van der Waals surface area (Å²) in [5.41, 5.74) is 0. The Balaban J connectivity index is 2.53. The van der Waals surface area contributed by atoms with Crippen LogP contribution in [0.4, 0.5) is 0 Å². The van der Waals surface area contributed by atoms with Gasteiger partial charge in [-0.1, -0.05) is 24.8 Å². The summed E-state index contributed by atoms with van der Waals surface area (Å²) in [5, 5.41) is 3.49. The average Bonchev–Trinajstić information content (AvgIpc) is 2.43. The zero-order valence-corrected chi connectivity index (χ0v) is 7.86. The Labute approximate surface area is 76.3 Å². The minimum Gasteiger partial charge on any atom is -0.304 e. The Morgan fingerprint density at radius 3 is 3.08 bits per heavy atom. The number of amides is 1. The lowest BCUT2D eigenvalue weighted by Crippen LogP contribution is -2.24. The van der Waals surface area contributed by atoms with Crippen LogP contribution in [0.15, 0.2) is 17.6 Å². The van der Waals surface area contributed by atoms with Crippen molar-refractivity contribution in [1.82, 2.24) is 5.32 Å². The Kier molecular flexibility index (Phi) is 3.34. The molecule has 1 aliphatic heterocycles. The summed E-state index contributed by atoms with van der Waals surface area (Å²) in [4.78, 5) is 15.3. The van der Waals surface area contributed by atoms with E-state index >= 15 is 0 Å². The van der Waals surface area contributed by atoms with E-state index in [1.807, 2.05) is 6.92 Å². The average molecular weight is 184 g/mol. The minimum atomic E-state index is 0.0496. The molecule has 1 amide bonds. The first-order valence-electron chi connectivity index (χ1n) is 3.90. The van der Waals surface area contributed by atoms with Gasteiger partial charge in [0.1, 0.15) is 0 Å². The van der Waals surface area contributed by atoms with Crippen molar-refractivity contribution in [3.63, 3.8) is 0 Å². The Bertz CT molecular complexity index is 225. The lowest BCUT2D eigenvalue weighted by molar-refractivity contribution is -0.118. The van der Waals surface area contributed by atoms with Gasteiger partial charge in [-0.3, -0.25) is 9.79 Å². The normalized spacial score (nSPS) is 25.9. The van der Waals surface area contributed by atoms with Crippen molar-refractivity contribution in [2.24, 2.45) is 4.99 Å². The molecule has 1 heterocycles. The molecule has 1 saturated heterocycles. The fourth-order valence-corrected chi connectivity index (χ4v) is 1.81. The Hall–Kier alpha value is -0.770. The fraction of sp³-hybridized carbons (Fsp3) is 0.500. The molecule has 1 N–H and O–H groups in total. The van der Waals surface area contributed by atoms with Gasteiger partial charge in [0.2, 0.25) is 5.91 Å². The molecule has 1 rings (SSSR count). The van der Waals surface area contributed by atoms with Crippen LogP contribution in [0.5, 0.6) is 0 Å². The van der Waals surface area contributed by atoms with Crippen LogP contribution in [-0.4, -0.2) is 22.9 Å².